The van der Waals surface area contributed by atoms with E-state index in [9.17, 15) is 18.0 Å². The average molecular weight is 370 g/mol. The van der Waals surface area contributed by atoms with Crippen molar-refractivity contribution in [2.24, 2.45) is 0 Å². The Morgan fingerprint density at radius 2 is 2.08 bits per heavy atom. The summed E-state index contributed by atoms with van der Waals surface area (Å²) in [4.78, 5) is 19.3. The molecular formula is C16H11ClF3N3O2. The molecule has 25 heavy (non-hydrogen) atoms. The SMILES string of the molecule is COc1cc2nc[nH]c2cc1NC(=O)c1cccc(C(F)(F)F)c1Cl. The first kappa shape index (κ1) is 17.1. The van der Waals surface area contributed by atoms with Gasteiger partial charge in [0.1, 0.15) is 5.75 Å². The molecule has 3 aromatic rings. The number of hydrogen-bond donors (Lipinski definition) is 2. The van der Waals surface area contributed by atoms with E-state index in [0.29, 0.717) is 16.8 Å². The Bertz CT molecular complexity index is 953. The van der Waals surface area contributed by atoms with Gasteiger partial charge < -0.3 is 15.0 Å². The van der Waals surface area contributed by atoms with Crippen molar-refractivity contribution < 1.29 is 22.7 Å². The molecule has 1 heterocycles. The fourth-order valence-corrected chi connectivity index (χ4v) is 2.66. The van der Waals surface area contributed by atoms with Crippen molar-refractivity contribution >= 4 is 34.2 Å². The molecular weight excluding hydrogens is 359 g/mol. The molecule has 0 atom stereocenters. The molecule has 5 nitrogen and oxygen atoms in total. The van der Waals surface area contributed by atoms with Gasteiger partial charge in [-0.25, -0.2) is 4.98 Å². The number of amides is 1. The number of aromatic amines is 1. The molecule has 1 aromatic heterocycles. The number of H-pyrrole nitrogens is 1. The third-order valence-electron chi connectivity index (χ3n) is 3.54. The lowest BCUT2D eigenvalue weighted by molar-refractivity contribution is -0.137. The van der Waals surface area contributed by atoms with E-state index in [4.69, 9.17) is 16.3 Å². The lowest BCUT2D eigenvalue weighted by Gasteiger charge is -2.14. The van der Waals surface area contributed by atoms with Gasteiger partial charge in [0.2, 0.25) is 0 Å². The Morgan fingerprint density at radius 3 is 2.76 bits per heavy atom. The predicted octanol–water partition coefficient (Wildman–Crippen LogP) is 4.50. The molecule has 0 aliphatic heterocycles. The highest BCUT2D eigenvalue weighted by Crippen LogP contribution is 2.37. The number of carbonyl (C=O) groups excluding carboxylic acids is 1. The van der Waals surface area contributed by atoms with Gasteiger partial charge in [-0.3, -0.25) is 4.79 Å². The first-order valence-electron chi connectivity index (χ1n) is 6.99. The summed E-state index contributed by atoms with van der Waals surface area (Å²) in [5, 5.41) is 1.86. The normalized spacial score (nSPS) is 11.6. The van der Waals surface area contributed by atoms with Crippen LogP contribution in [-0.4, -0.2) is 23.0 Å². The van der Waals surface area contributed by atoms with Crippen LogP contribution in [0.15, 0.2) is 36.7 Å². The summed E-state index contributed by atoms with van der Waals surface area (Å²) in [6, 6.07) is 6.32. The number of benzene rings is 2. The van der Waals surface area contributed by atoms with Crippen LogP contribution in [0, 0.1) is 0 Å². The lowest BCUT2D eigenvalue weighted by Crippen LogP contribution is -2.15. The second-order valence-corrected chi connectivity index (χ2v) is 5.47. The maximum atomic E-state index is 12.9. The Hall–Kier alpha value is -2.74. The number of aromatic nitrogens is 2. The Morgan fingerprint density at radius 1 is 1.32 bits per heavy atom. The summed E-state index contributed by atoms with van der Waals surface area (Å²) in [6.07, 6.45) is -3.18. The zero-order valence-corrected chi connectivity index (χ0v) is 13.5. The van der Waals surface area contributed by atoms with Gasteiger partial charge in [0.15, 0.2) is 0 Å². The van der Waals surface area contributed by atoms with Gasteiger partial charge >= 0.3 is 6.18 Å². The van der Waals surface area contributed by atoms with Crippen molar-refractivity contribution in [1.29, 1.82) is 0 Å². The number of fused-ring (bicyclic) bond motifs is 1. The van der Waals surface area contributed by atoms with Gasteiger partial charge in [-0.15, -0.1) is 0 Å². The molecule has 1 amide bonds. The molecule has 0 fully saturated rings. The molecule has 3 rings (SSSR count). The molecule has 0 aliphatic rings. The minimum Gasteiger partial charge on any atom is -0.494 e. The minimum atomic E-state index is -4.65. The average Bonchev–Trinajstić information content (AvgIpc) is 3.00. The van der Waals surface area contributed by atoms with Gasteiger partial charge in [-0.2, -0.15) is 13.2 Å². The molecule has 0 spiro atoms. The zero-order chi connectivity index (χ0) is 18.2. The summed E-state index contributed by atoms with van der Waals surface area (Å²) in [7, 11) is 1.40. The molecule has 0 unspecified atom stereocenters. The molecule has 0 bridgehead atoms. The highest BCUT2D eigenvalue weighted by molar-refractivity contribution is 6.35. The number of hydrogen-bond acceptors (Lipinski definition) is 3. The van der Waals surface area contributed by atoms with E-state index in [-0.39, 0.29) is 11.3 Å². The number of alkyl halides is 3. The van der Waals surface area contributed by atoms with E-state index in [0.717, 1.165) is 12.1 Å². The summed E-state index contributed by atoms with van der Waals surface area (Å²) in [5.74, 6) is -0.468. The van der Waals surface area contributed by atoms with E-state index in [1.807, 2.05) is 0 Å². The second kappa shape index (κ2) is 6.29. The number of carbonyl (C=O) groups is 1. The van der Waals surface area contributed by atoms with Crippen molar-refractivity contribution in [3.8, 4) is 5.75 Å². The number of methoxy groups -OCH3 is 1. The number of imidazole rings is 1. The van der Waals surface area contributed by atoms with Crippen LogP contribution in [0.2, 0.25) is 5.02 Å². The molecule has 9 heteroatoms. The molecule has 0 saturated carbocycles. The minimum absolute atomic E-state index is 0.276. The molecule has 2 aromatic carbocycles. The van der Waals surface area contributed by atoms with E-state index in [1.165, 1.54) is 19.5 Å². The first-order valence-corrected chi connectivity index (χ1v) is 7.37. The van der Waals surface area contributed by atoms with Crippen LogP contribution in [0.5, 0.6) is 5.75 Å². The number of halogens is 4. The summed E-state index contributed by atoms with van der Waals surface area (Å²) < 4.78 is 44.0. The van der Waals surface area contributed by atoms with Crippen molar-refractivity contribution in [1.82, 2.24) is 9.97 Å². The Labute approximate surface area is 144 Å². The van der Waals surface area contributed by atoms with Crippen molar-refractivity contribution in [3.05, 3.63) is 52.8 Å². The quantitative estimate of drug-likeness (QED) is 0.714. The Kier molecular flexibility index (Phi) is 4.30. The molecule has 2 N–H and O–H groups in total. The number of anilines is 1. The fourth-order valence-electron chi connectivity index (χ4n) is 2.35. The first-order chi connectivity index (χ1) is 11.8. The van der Waals surface area contributed by atoms with Crippen molar-refractivity contribution in [3.63, 3.8) is 0 Å². The van der Waals surface area contributed by atoms with Crippen LogP contribution >= 0.6 is 11.6 Å². The van der Waals surface area contributed by atoms with Crippen LogP contribution in [0.1, 0.15) is 15.9 Å². The monoisotopic (exact) mass is 369 g/mol. The van der Waals surface area contributed by atoms with Crippen molar-refractivity contribution in [2.75, 3.05) is 12.4 Å². The zero-order valence-electron chi connectivity index (χ0n) is 12.7. The molecule has 0 aliphatic carbocycles. The summed E-state index contributed by atoms with van der Waals surface area (Å²) >= 11 is 5.78. The van der Waals surface area contributed by atoms with Gasteiger partial charge in [-0.1, -0.05) is 17.7 Å². The van der Waals surface area contributed by atoms with Crippen LogP contribution < -0.4 is 10.1 Å². The molecule has 0 radical (unpaired) electrons. The third kappa shape index (κ3) is 3.25. The fraction of sp³-hybridized carbons (Fsp3) is 0.125. The van der Waals surface area contributed by atoms with Crippen LogP contribution in [0.25, 0.3) is 11.0 Å². The number of ether oxygens (including phenoxy) is 1. The smallest absolute Gasteiger partial charge is 0.417 e. The van der Waals surface area contributed by atoms with Gasteiger partial charge in [0.25, 0.3) is 5.91 Å². The maximum Gasteiger partial charge on any atom is 0.417 e. The van der Waals surface area contributed by atoms with Crippen LogP contribution in [-0.2, 0) is 6.18 Å². The van der Waals surface area contributed by atoms with Crippen molar-refractivity contribution in [2.45, 2.75) is 6.18 Å². The number of nitrogens with zero attached hydrogens (tertiary/aromatic N) is 1. The predicted molar refractivity (Wildman–Crippen MR) is 87.1 cm³/mol. The number of nitrogens with one attached hydrogen (secondary N) is 2. The molecule has 0 saturated heterocycles. The summed E-state index contributed by atoms with van der Waals surface area (Å²) in [6.45, 7) is 0. The van der Waals surface area contributed by atoms with Crippen LogP contribution in [0.3, 0.4) is 0 Å². The van der Waals surface area contributed by atoms with Gasteiger partial charge in [-0.05, 0) is 18.2 Å². The van der Waals surface area contributed by atoms with E-state index < -0.39 is 22.7 Å². The lowest BCUT2D eigenvalue weighted by atomic mass is 10.1. The topological polar surface area (TPSA) is 67.0 Å². The highest BCUT2D eigenvalue weighted by atomic mass is 35.5. The third-order valence-corrected chi connectivity index (χ3v) is 3.95. The van der Waals surface area contributed by atoms with E-state index in [2.05, 4.69) is 15.3 Å². The Balaban J connectivity index is 1.98. The maximum absolute atomic E-state index is 12.9. The molecule has 130 valence electrons. The summed E-state index contributed by atoms with van der Waals surface area (Å²) in [5.41, 5.74) is 0.164. The second-order valence-electron chi connectivity index (χ2n) is 5.09. The van der Waals surface area contributed by atoms with E-state index >= 15 is 0 Å². The highest BCUT2D eigenvalue weighted by Gasteiger charge is 2.34. The van der Waals surface area contributed by atoms with Gasteiger partial charge in [0, 0.05) is 6.07 Å². The van der Waals surface area contributed by atoms with Gasteiger partial charge in [0.05, 0.1) is 46.3 Å². The van der Waals surface area contributed by atoms with E-state index in [1.54, 1.807) is 12.1 Å². The van der Waals surface area contributed by atoms with Crippen LogP contribution in [0.4, 0.5) is 18.9 Å². The standard InChI is InChI=1S/C16H11ClF3N3O2/c1-25-13-6-11-10(21-7-22-11)5-12(13)23-15(24)8-3-2-4-9(14(8)17)16(18,19)20/h2-7H,1H3,(H,21,22)(H,23,24). The largest absolute Gasteiger partial charge is 0.494 e. The number of rotatable bonds is 3.